The summed E-state index contributed by atoms with van der Waals surface area (Å²) >= 11 is 0. The Morgan fingerprint density at radius 2 is 2.05 bits per heavy atom. The van der Waals surface area contributed by atoms with Crippen molar-refractivity contribution in [2.75, 3.05) is 0 Å². The molecule has 2 N–H and O–H groups in total. The van der Waals surface area contributed by atoms with Crippen molar-refractivity contribution in [3.8, 4) is 0 Å². The van der Waals surface area contributed by atoms with E-state index >= 15 is 0 Å². The maximum absolute atomic E-state index is 11.7. The van der Waals surface area contributed by atoms with E-state index in [-0.39, 0.29) is 23.5 Å². The highest BCUT2D eigenvalue weighted by Crippen LogP contribution is 2.41. The summed E-state index contributed by atoms with van der Waals surface area (Å²) in [6.07, 6.45) is 1.16. The van der Waals surface area contributed by atoms with E-state index in [0.29, 0.717) is 5.56 Å². The predicted molar refractivity (Wildman–Crippen MR) is 70.5 cm³/mol. The Labute approximate surface area is 112 Å². The van der Waals surface area contributed by atoms with Gasteiger partial charge in [-0.15, -0.1) is 0 Å². The molecule has 1 aliphatic carbocycles. The van der Waals surface area contributed by atoms with Crippen LogP contribution < -0.4 is 5.73 Å². The van der Waals surface area contributed by atoms with Crippen molar-refractivity contribution in [3.63, 3.8) is 0 Å². The minimum absolute atomic E-state index is 0.00136. The van der Waals surface area contributed by atoms with Crippen LogP contribution in [0.25, 0.3) is 0 Å². The van der Waals surface area contributed by atoms with E-state index in [9.17, 15) is 4.79 Å². The van der Waals surface area contributed by atoms with Crippen molar-refractivity contribution in [1.29, 1.82) is 0 Å². The lowest BCUT2D eigenvalue weighted by atomic mass is 9.92. The summed E-state index contributed by atoms with van der Waals surface area (Å²) < 4.78 is 11.2. The number of hydrogen-bond donors (Lipinski definition) is 1. The van der Waals surface area contributed by atoms with E-state index in [1.165, 1.54) is 0 Å². The van der Waals surface area contributed by atoms with E-state index in [4.69, 9.17) is 15.2 Å². The zero-order chi connectivity index (χ0) is 13.6. The van der Waals surface area contributed by atoms with Gasteiger partial charge in [-0.05, 0) is 24.3 Å². The fourth-order valence-corrected chi connectivity index (χ4v) is 3.07. The van der Waals surface area contributed by atoms with E-state index in [2.05, 4.69) is 13.8 Å². The molecule has 0 saturated heterocycles. The van der Waals surface area contributed by atoms with Crippen LogP contribution in [0, 0.1) is 5.41 Å². The summed E-state index contributed by atoms with van der Waals surface area (Å²) in [6, 6.07) is 7.35. The lowest BCUT2D eigenvalue weighted by Crippen LogP contribution is -2.32. The van der Waals surface area contributed by atoms with Crippen LogP contribution in [-0.4, -0.2) is 18.1 Å². The van der Waals surface area contributed by atoms with Gasteiger partial charge in [0.2, 0.25) is 6.29 Å². The number of ether oxygens (including phenoxy) is 2. The van der Waals surface area contributed by atoms with Crippen LogP contribution >= 0.6 is 0 Å². The number of benzene rings is 1. The first-order valence-electron chi connectivity index (χ1n) is 6.67. The number of esters is 1. The van der Waals surface area contributed by atoms with Crippen LogP contribution in [0.2, 0.25) is 0 Å². The van der Waals surface area contributed by atoms with Crippen LogP contribution in [-0.2, 0) is 9.47 Å². The maximum atomic E-state index is 11.7. The fourth-order valence-electron chi connectivity index (χ4n) is 3.07. The molecule has 4 heteroatoms. The Hall–Kier alpha value is -1.39. The molecule has 0 amide bonds. The lowest BCUT2D eigenvalue weighted by molar-refractivity contribution is -0.139. The number of hydrogen-bond acceptors (Lipinski definition) is 4. The topological polar surface area (TPSA) is 61.5 Å². The standard InChI is InChI=1S/C15H19NO3/c1-15(2)7-11(16)12(8-15)18-14-10-6-4-3-5-9(10)13(17)19-14/h3-6,11-12,14H,7-8,16H2,1-2H3/t11-,12-,14?/m0/s1. The second kappa shape index (κ2) is 4.32. The van der Waals surface area contributed by atoms with Crippen molar-refractivity contribution in [2.45, 2.75) is 45.1 Å². The highest BCUT2D eigenvalue weighted by atomic mass is 16.7. The number of nitrogens with two attached hydrogens (primary N) is 1. The Bertz CT molecular complexity index is 512. The van der Waals surface area contributed by atoms with Crippen molar-refractivity contribution < 1.29 is 14.3 Å². The highest BCUT2D eigenvalue weighted by Gasteiger charge is 2.41. The van der Waals surface area contributed by atoms with Crippen LogP contribution in [0.5, 0.6) is 0 Å². The molecule has 1 unspecified atom stereocenters. The molecule has 1 fully saturated rings. The number of rotatable bonds is 2. The van der Waals surface area contributed by atoms with Gasteiger partial charge in [0.15, 0.2) is 0 Å². The molecule has 0 bridgehead atoms. The first-order valence-corrected chi connectivity index (χ1v) is 6.67. The molecule has 102 valence electrons. The SMILES string of the molecule is CC1(C)C[C@H](OC2OC(=O)c3ccccc32)[C@@H](N)C1. The normalized spacial score (nSPS) is 32.2. The molecule has 1 aromatic carbocycles. The van der Waals surface area contributed by atoms with E-state index in [0.717, 1.165) is 18.4 Å². The summed E-state index contributed by atoms with van der Waals surface area (Å²) in [5.74, 6) is -0.313. The second-order valence-corrected chi connectivity index (χ2v) is 6.24. The fraction of sp³-hybridized carbons (Fsp3) is 0.533. The molecule has 19 heavy (non-hydrogen) atoms. The van der Waals surface area contributed by atoms with Crippen molar-refractivity contribution >= 4 is 5.97 Å². The molecule has 3 atom stereocenters. The van der Waals surface area contributed by atoms with Crippen molar-refractivity contribution in [3.05, 3.63) is 35.4 Å². The zero-order valence-electron chi connectivity index (χ0n) is 11.3. The maximum Gasteiger partial charge on any atom is 0.341 e. The summed E-state index contributed by atoms with van der Waals surface area (Å²) in [5.41, 5.74) is 7.71. The van der Waals surface area contributed by atoms with E-state index in [1.54, 1.807) is 6.07 Å². The van der Waals surface area contributed by atoms with Gasteiger partial charge in [0.1, 0.15) is 0 Å². The van der Waals surface area contributed by atoms with E-state index in [1.807, 2.05) is 18.2 Å². The average molecular weight is 261 g/mol. The lowest BCUT2D eigenvalue weighted by Gasteiger charge is -2.21. The molecule has 1 aliphatic heterocycles. The zero-order valence-corrected chi connectivity index (χ0v) is 11.3. The third-order valence-electron chi connectivity index (χ3n) is 3.97. The molecule has 2 aliphatic rings. The van der Waals surface area contributed by atoms with Gasteiger partial charge in [-0.2, -0.15) is 0 Å². The summed E-state index contributed by atoms with van der Waals surface area (Å²) in [5, 5.41) is 0. The van der Waals surface area contributed by atoms with Crippen LogP contribution in [0.15, 0.2) is 24.3 Å². The average Bonchev–Trinajstić information content (AvgIpc) is 2.78. The molecular weight excluding hydrogens is 242 g/mol. The Balaban J connectivity index is 1.77. The monoisotopic (exact) mass is 261 g/mol. The quantitative estimate of drug-likeness (QED) is 0.830. The van der Waals surface area contributed by atoms with Gasteiger partial charge < -0.3 is 15.2 Å². The first kappa shape index (κ1) is 12.6. The van der Waals surface area contributed by atoms with Gasteiger partial charge in [0.05, 0.1) is 11.7 Å². The van der Waals surface area contributed by atoms with Gasteiger partial charge in [-0.3, -0.25) is 0 Å². The number of carbonyl (C=O) groups excluding carboxylic acids is 1. The van der Waals surface area contributed by atoms with Crippen molar-refractivity contribution in [1.82, 2.24) is 0 Å². The molecule has 4 nitrogen and oxygen atoms in total. The molecule has 1 heterocycles. The minimum atomic E-state index is -0.603. The predicted octanol–water partition coefficient (Wildman–Crippen LogP) is 2.39. The minimum Gasteiger partial charge on any atom is -0.428 e. The Kier molecular flexibility index (Phi) is 2.87. The molecule has 1 saturated carbocycles. The molecule has 1 aromatic rings. The number of cyclic esters (lactones) is 1. The molecule has 0 radical (unpaired) electrons. The summed E-state index contributed by atoms with van der Waals surface area (Å²) in [4.78, 5) is 11.7. The Morgan fingerprint density at radius 1 is 1.32 bits per heavy atom. The highest BCUT2D eigenvalue weighted by molar-refractivity contribution is 5.93. The number of carbonyl (C=O) groups is 1. The molecule has 0 aromatic heterocycles. The third-order valence-corrected chi connectivity index (χ3v) is 3.97. The molecule has 0 spiro atoms. The van der Waals surface area contributed by atoms with Crippen molar-refractivity contribution in [2.24, 2.45) is 11.1 Å². The smallest absolute Gasteiger partial charge is 0.341 e. The van der Waals surface area contributed by atoms with Gasteiger partial charge >= 0.3 is 5.97 Å². The molecular formula is C15H19NO3. The van der Waals surface area contributed by atoms with Crippen LogP contribution in [0.1, 0.15) is 48.9 Å². The third kappa shape index (κ3) is 2.26. The first-order chi connectivity index (χ1) is 8.96. The van der Waals surface area contributed by atoms with Crippen LogP contribution in [0.4, 0.5) is 0 Å². The number of fused-ring (bicyclic) bond motifs is 1. The van der Waals surface area contributed by atoms with Gasteiger partial charge in [-0.1, -0.05) is 32.0 Å². The summed E-state index contributed by atoms with van der Waals surface area (Å²) in [7, 11) is 0. The van der Waals surface area contributed by atoms with Crippen LogP contribution in [0.3, 0.4) is 0 Å². The Morgan fingerprint density at radius 3 is 2.74 bits per heavy atom. The molecule has 3 rings (SSSR count). The van der Waals surface area contributed by atoms with Gasteiger partial charge in [0, 0.05) is 11.6 Å². The largest absolute Gasteiger partial charge is 0.428 e. The second-order valence-electron chi connectivity index (χ2n) is 6.24. The van der Waals surface area contributed by atoms with E-state index < -0.39 is 6.29 Å². The van der Waals surface area contributed by atoms with Gasteiger partial charge in [-0.25, -0.2) is 4.79 Å². The summed E-state index contributed by atoms with van der Waals surface area (Å²) in [6.45, 7) is 4.37. The van der Waals surface area contributed by atoms with Gasteiger partial charge in [0.25, 0.3) is 0 Å².